The topological polar surface area (TPSA) is 83.5 Å². The van der Waals surface area contributed by atoms with Crippen LogP contribution in [0.5, 0.6) is 0 Å². The Kier molecular flexibility index (Phi) is 5.67. The molecule has 1 aromatic rings. The van der Waals surface area contributed by atoms with Crippen LogP contribution in [0.2, 0.25) is 0 Å². The van der Waals surface area contributed by atoms with Crippen molar-refractivity contribution in [3.05, 3.63) is 29.8 Å². The van der Waals surface area contributed by atoms with Gasteiger partial charge in [0.15, 0.2) is 0 Å². The Balaban J connectivity index is 0.00000225. The predicted molar refractivity (Wildman–Crippen MR) is 54.3 cm³/mol. The van der Waals surface area contributed by atoms with Crippen LogP contribution in [0.4, 0.5) is 0 Å². The van der Waals surface area contributed by atoms with Gasteiger partial charge in [0.2, 0.25) is 10.0 Å². The van der Waals surface area contributed by atoms with Crippen LogP contribution >= 0.6 is 0 Å². The first-order valence-corrected chi connectivity index (χ1v) is 5.78. The van der Waals surface area contributed by atoms with Crippen LogP contribution in [0.15, 0.2) is 29.2 Å². The summed E-state index contributed by atoms with van der Waals surface area (Å²) >= 11 is 0. The van der Waals surface area contributed by atoms with Gasteiger partial charge in [-0.05, 0) is 18.2 Å². The van der Waals surface area contributed by atoms with E-state index >= 15 is 0 Å². The average Bonchev–Trinajstić information content (AvgIpc) is 2.18. The molecule has 0 aliphatic rings. The molecule has 91 valence electrons. The van der Waals surface area contributed by atoms with Gasteiger partial charge in [-0.2, -0.15) is 0 Å². The number of carbonyl (C=O) groups is 1. The normalized spacial score (nSPS) is 10.6. The van der Waals surface area contributed by atoms with Crippen molar-refractivity contribution in [1.82, 2.24) is 4.72 Å². The Morgan fingerprint density at radius 3 is 2.56 bits per heavy atom. The molecule has 0 fully saturated rings. The zero-order valence-corrected chi connectivity index (χ0v) is 10.2. The number of hydrogen-bond donors (Lipinski definition) is 2. The minimum absolute atomic E-state index is 0. The van der Waals surface area contributed by atoms with E-state index in [1.54, 1.807) is 6.92 Å². The van der Waals surface area contributed by atoms with E-state index in [-0.39, 0.29) is 34.1 Å². The van der Waals surface area contributed by atoms with Gasteiger partial charge >= 0.3 is 23.0 Å². The summed E-state index contributed by atoms with van der Waals surface area (Å²) in [6.45, 7) is 1.91. The van der Waals surface area contributed by atoms with Crippen molar-refractivity contribution in [3.63, 3.8) is 0 Å². The van der Waals surface area contributed by atoms with Gasteiger partial charge in [-0.15, -0.1) is 0 Å². The third kappa shape index (κ3) is 3.61. The molecule has 16 heavy (non-hydrogen) atoms. The summed E-state index contributed by atoms with van der Waals surface area (Å²) in [4.78, 5) is 10.6. The maximum Gasteiger partial charge on any atom is 2.00 e. The average molecular weight is 293 g/mol. The molecule has 0 bridgehead atoms. The molecular formula is C9H11CuNO4S+2. The van der Waals surface area contributed by atoms with Gasteiger partial charge in [0.1, 0.15) is 0 Å². The number of benzene rings is 1. The van der Waals surface area contributed by atoms with Crippen LogP contribution in [-0.2, 0) is 27.1 Å². The maximum atomic E-state index is 11.5. The van der Waals surface area contributed by atoms with Gasteiger partial charge in [-0.3, -0.25) is 0 Å². The molecule has 0 aromatic heterocycles. The number of rotatable bonds is 4. The van der Waals surface area contributed by atoms with Gasteiger partial charge in [-0.1, -0.05) is 13.0 Å². The zero-order chi connectivity index (χ0) is 11.5. The number of carboxylic acid groups (broad SMARTS) is 1. The zero-order valence-electron chi connectivity index (χ0n) is 8.40. The van der Waals surface area contributed by atoms with Crippen molar-refractivity contribution >= 4 is 16.0 Å². The number of nitrogens with one attached hydrogen (secondary N) is 1. The quantitative estimate of drug-likeness (QED) is 0.800. The third-order valence-corrected chi connectivity index (χ3v) is 3.27. The number of aromatic carboxylic acids is 1. The molecule has 1 rings (SSSR count). The number of sulfonamides is 1. The van der Waals surface area contributed by atoms with Crippen molar-refractivity contribution in [3.8, 4) is 0 Å². The summed E-state index contributed by atoms with van der Waals surface area (Å²) in [5, 5.41) is 8.69. The minimum Gasteiger partial charge on any atom is -0.478 e. The van der Waals surface area contributed by atoms with Crippen molar-refractivity contribution in [2.45, 2.75) is 11.8 Å². The van der Waals surface area contributed by atoms with E-state index in [1.807, 2.05) is 0 Å². The molecule has 0 atom stereocenters. The maximum absolute atomic E-state index is 11.5. The summed E-state index contributed by atoms with van der Waals surface area (Å²) in [5.41, 5.74) is -0.0472. The van der Waals surface area contributed by atoms with Crippen molar-refractivity contribution in [1.29, 1.82) is 0 Å². The smallest absolute Gasteiger partial charge is 0.478 e. The summed E-state index contributed by atoms with van der Waals surface area (Å²) in [7, 11) is -3.58. The van der Waals surface area contributed by atoms with E-state index in [4.69, 9.17) is 5.11 Å². The Labute approximate surface area is 104 Å². The summed E-state index contributed by atoms with van der Waals surface area (Å²) < 4.78 is 25.3. The molecule has 0 unspecified atom stereocenters. The molecule has 0 aliphatic carbocycles. The van der Waals surface area contributed by atoms with Crippen LogP contribution in [0.25, 0.3) is 0 Å². The van der Waals surface area contributed by atoms with Gasteiger partial charge in [0, 0.05) is 6.54 Å². The van der Waals surface area contributed by atoms with Gasteiger partial charge in [0.05, 0.1) is 10.5 Å². The minimum atomic E-state index is -3.58. The van der Waals surface area contributed by atoms with Crippen molar-refractivity contribution in [2.24, 2.45) is 0 Å². The molecule has 1 aromatic carbocycles. The van der Waals surface area contributed by atoms with Crippen LogP contribution in [0.1, 0.15) is 17.3 Å². The Morgan fingerprint density at radius 1 is 1.44 bits per heavy atom. The molecule has 5 nitrogen and oxygen atoms in total. The third-order valence-electron chi connectivity index (χ3n) is 1.73. The fourth-order valence-electron chi connectivity index (χ4n) is 1.07. The standard InChI is InChI=1S/C9H11NO4S.Cu/c1-2-10-15(13,14)8-5-3-4-7(6-8)9(11)12;/h3-6,10H,2H2,1H3,(H,11,12);/q;+2. The van der Waals surface area contributed by atoms with Gasteiger partial charge in [-0.25, -0.2) is 17.9 Å². The molecule has 0 amide bonds. The molecule has 2 N–H and O–H groups in total. The molecule has 0 saturated carbocycles. The second kappa shape index (κ2) is 6.00. The molecule has 1 radical (unpaired) electrons. The molecule has 0 aliphatic heterocycles. The van der Waals surface area contributed by atoms with E-state index in [9.17, 15) is 13.2 Å². The fourth-order valence-corrected chi connectivity index (χ4v) is 2.16. The Morgan fingerprint density at radius 2 is 2.06 bits per heavy atom. The number of hydrogen-bond acceptors (Lipinski definition) is 3. The molecule has 0 saturated heterocycles. The second-order valence-corrected chi connectivity index (χ2v) is 4.60. The van der Waals surface area contributed by atoms with Gasteiger partial charge in [0.25, 0.3) is 0 Å². The Hall–Kier alpha value is -0.881. The van der Waals surface area contributed by atoms with E-state index in [0.717, 1.165) is 6.07 Å². The number of carboxylic acids is 1. The molecule has 0 spiro atoms. The summed E-state index contributed by atoms with van der Waals surface area (Å²) in [6.07, 6.45) is 0. The van der Waals surface area contributed by atoms with Crippen molar-refractivity contribution < 1.29 is 35.4 Å². The molecular weight excluding hydrogens is 282 g/mol. The van der Waals surface area contributed by atoms with E-state index < -0.39 is 16.0 Å². The molecule has 0 heterocycles. The Bertz CT molecular complexity index is 472. The largest absolute Gasteiger partial charge is 2.00 e. The predicted octanol–water partition coefficient (Wildman–Crippen LogP) is 0.680. The first-order chi connectivity index (χ1) is 6.97. The van der Waals surface area contributed by atoms with Crippen LogP contribution in [0, 0.1) is 0 Å². The van der Waals surface area contributed by atoms with Crippen molar-refractivity contribution in [2.75, 3.05) is 6.54 Å². The fraction of sp³-hybridized carbons (Fsp3) is 0.222. The monoisotopic (exact) mass is 292 g/mol. The van der Waals surface area contributed by atoms with Crippen LogP contribution < -0.4 is 4.72 Å². The summed E-state index contributed by atoms with van der Waals surface area (Å²) in [5.74, 6) is -1.15. The first kappa shape index (κ1) is 15.1. The van der Waals surface area contributed by atoms with E-state index in [0.29, 0.717) is 0 Å². The summed E-state index contributed by atoms with van der Waals surface area (Å²) in [6, 6.07) is 5.21. The first-order valence-electron chi connectivity index (χ1n) is 4.30. The second-order valence-electron chi connectivity index (χ2n) is 2.83. The van der Waals surface area contributed by atoms with Crippen LogP contribution in [0.3, 0.4) is 0 Å². The van der Waals surface area contributed by atoms with Crippen LogP contribution in [-0.4, -0.2) is 26.0 Å². The molecule has 7 heteroatoms. The van der Waals surface area contributed by atoms with Gasteiger partial charge < -0.3 is 5.11 Å². The SMILES string of the molecule is CCNS(=O)(=O)c1cccc(C(=O)O)c1.[Cu+2]. The van der Waals surface area contributed by atoms with E-state index in [2.05, 4.69) is 4.72 Å². The van der Waals surface area contributed by atoms with E-state index in [1.165, 1.54) is 18.2 Å².